The number of piperazine rings is 1. The van der Waals surface area contributed by atoms with Crippen LogP contribution in [-0.4, -0.2) is 109 Å². The molecule has 0 bridgehead atoms. The summed E-state index contributed by atoms with van der Waals surface area (Å²) in [6, 6.07) is 0.542. The monoisotopic (exact) mass is 705 g/mol. The molecule has 5 rings (SSSR count). The molecule has 0 aromatic heterocycles. The highest BCUT2D eigenvalue weighted by Crippen LogP contribution is 2.48. The van der Waals surface area contributed by atoms with E-state index in [0.717, 1.165) is 77.1 Å². The zero-order valence-corrected chi connectivity index (χ0v) is 29.9. The lowest BCUT2D eigenvalue weighted by Crippen LogP contribution is -2.60. The second-order valence-corrected chi connectivity index (χ2v) is 16.1. The highest BCUT2D eigenvalue weighted by molar-refractivity contribution is 5.82. The largest absolute Gasteiger partial charge is 0.391 e. The van der Waals surface area contributed by atoms with Gasteiger partial charge in [-0.05, 0) is 76.0 Å². The van der Waals surface area contributed by atoms with E-state index in [4.69, 9.17) is 4.99 Å². The highest BCUT2D eigenvalue weighted by atomic mass is 19.4. The second kappa shape index (κ2) is 17.2. The van der Waals surface area contributed by atoms with Crippen LogP contribution in [0.15, 0.2) is 4.99 Å². The van der Waals surface area contributed by atoms with Gasteiger partial charge in [0.15, 0.2) is 5.96 Å². The maximum atomic E-state index is 14.2. The van der Waals surface area contributed by atoms with Crippen LogP contribution < -0.4 is 0 Å². The van der Waals surface area contributed by atoms with Crippen molar-refractivity contribution in [2.45, 2.75) is 152 Å². The standard InChI is InChI=1S/C37H61F6N5O/c1-45(19-18-27-24-29(36(38,39)40)26-30(25-27)37(41,42)43)34(49)33(28-12-6-3-7-13-28)47-20-22-48(23-21-47)35(44-31-14-8-4-9-15-31)46(2)32-16-10-5-11-17-32/h27-33H,3-26H2,1-2H3. The molecule has 49 heavy (non-hydrogen) atoms. The van der Waals surface area contributed by atoms with Gasteiger partial charge >= 0.3 is 12.4 Å². The molecule has 1 amide bonds. The molecule has 4 saturated carbocycles. The number of aliphatic imine (C=N–C) groups is 1. The van der Waals surface area contributed by atoms with Gasteiger partial charge in [0.05, 0.1) is 23.9 Å². The zero-order valence-electron chi connectivity index (χ0n) is 29.9. The fourth-order valence-corrected chi connectivity index (χ4v) is 9.63. The van der Waals surface area contributed by atoms with Crippen LogP contribution in [-0.2, 0) is 4.79 Å². The minimum atomic E-state index is -4.65. The molecule has 1 saturated heterocycles. The van der Waals surface area contributed by atoms with E-state index in [1.54, 1.807) is 11.9 Å². The Morgan fingerprint density at radius 3 is 1.76 bits per heavy atom. The first-order valence-corrected chi connectivity index (χ1v) is 19.5. The number of alkyl halides is 6. The summed E-state index contributed by atoms with van der Waals surface area (Å²) in [5.74, 6) is -3.34. The smallest absolute Gasteiger partial charge is 0.344 e. The number of hydrogen-bond acceptors (Lipinski definition) is 3. The molecule has 12 heteroatoms. The van der Waals surface area contributed by atoms with E-state index in [1.807, 2.05) is 0 Å². The lowest BCUT2D eigenvalue weighted by molar-refractivity contribution is -0.229. The Kier molecular flexibility index (Phi) is 13.5. The van der Waals surface area contributed by atoms with Gasteiger partial charge in [0.2, 0.25) is 5.91 Å². The number of rotatable bonds is 8. The van der Waals surface area contributed by atoms with Gasteiger partial charge in [0.25, 0.3) is 0 Å². The first kappa shape index (κ1) is 38.5. The molecular formula is C37H61F6N5O. The van der Waals surface area contributed by atoms with E-state index >= 15 is 0 Å². The molecule has 6 nitrogen and oxygen atoms in total. The number of guanidine groups is 1. The molecule has 0 radical (unpaired) electrons. The zero-order chi connectivity index (χ0) is 35.2. The average Bonchev–Trinajstić information content (AvgIpc) is 3.10. The number of amides is 1. The normalized spacial score (nSPS) is 28.8. The number of nitrogens with zero attached hydrogens (tertiary/aromatic N) is 5. The molecule has 5 aliphatic rings. The summed E-state index contributed by atoms with van der Waals surface area (Å²) >= 11 is 0. The van der Waals surface area contributed by atoms with E-state index in [0.29, 0.717) is 12.1 Å². The van der Waals surface area contributed by atoms with E-state index in [1.165, 1.54) is 51.4 Å². The molecular weight excluding hydrogens is 644 g/mol. The third kappa shape index (κ3) is 10.4. The van der Waals surface area contributed by atoms with Crippen molar-refractivity contribution in [3.63, 3.8) is 0 Å². The van der Waals surface area contributed by atoms with Crippen molar-refractivity contribution in [2.75, 3.05) is 46.8 Å². The predicted molar refractivity (Wildman–Crippen MR) is 181 cm³/mol. The second-order valence-electron chi connectivity index (χ2n) is 16.1. The van der Waals surface area contributed by atoms with Crippen molar-refractivity contribution >= 4 is 11.9 Å². The van der Waals surface area contributed by atoms with E-state index in [-0.39, 0.29) is 43.7 Å². The molecule has 282 valence electrons. The fraction of sp³-hybridized carbons (Fsp3) is 0.946. The Balaban J connectivity index is 1.25. The Labute approximate surface area is 290 Å². The Bertz CT molecular complexity index is 1040. The third-order valence-corrected chi connectivity index (χ3v) is 12.6. The quantitative estimate of drug-likeness (QED) is 0.144. The van der Waals surface area contributed by atoms with Gasteiger partial charge in [-0.3, -0.25) is 9.69 Å². The van der Waals surface area contributed by atoms with Gasteiger partial charge in [-0.15, -0.1) is 0 Å². The molecule has 4 aliphatic carbocycles. The average molecular weight is 706 g/mol. The number of carbonyl (C=O) groups is 1. The first-order valence-electron chi connectivity index (χ1n) is 19.5. The van der Waals surface area contributed by atoms with Gasteiger partial charge in [0.1, 0.15) is 0 Å². The van der Waals surface area contributed by atoms with Gasteiger partial charge in [-0.2, -0.15) is 26.3 Å². The lowest BCUT2D eigenvalue weighted by Gasteiger charge is -2.46. The summed E-state index contributed by atoms with van der Waals surface area (Å²) in [5, 5.41) is 0. The Hall–Kier alpha value is -1.72. The lowest BCUT2D eigenvalue weighted by atomic mass is 9.73. The molecule has 5 fully saturated rings. The van der Waals surface area contributed by atoms with Crippen LogP contribution in [0.3, 0.4) is 0 Å². The van der Waals surface area contributed by atoms with Crippen LogP contribution in [0.25, 0.3) is 0 Å². The molecule has 3 unspecified atom stereocenters. The third-order valence-electron chi connectivity index (χ3n) is 12.6. The van der Waals surface area contributed by atoms with E-state index in [9.17, 15) is 31.1 Å². The minimum Gasteiger partial charge on any atom is -0.344 e. The van der Waals surface area contributed by atoms with Gasteiger partial charge in [-0.25, -0.2) is 4.99 Å². The summed E-state index contributed by atoms with van der Waals surface area (Å²) in [7, 11) is 3.90. The van der Waals surface area contributed by atoms with Crippen molar-refractivity contribution in [2.24, 2.45) is 28.7 Å². The highest BCUT2D eigenvalue weighted by Gasteiger charge is 2.51. The maximum Gasteiger partial charge on any atom is 0.391 e. The molecule has 0 spiro atoms. The van der Waals surface area contributed by atoms with Crippen molar-refractivity contribution in [1.29, 1.82) is 0 Å². The Morgan fingerprint density at radius 2 is 1.22 bits per heavy atom. The predicted octanol–water partition coefficient (Wildman–Crippen LogP) is 8.51. The van der Waals surface area contributed by atoms with Gasteiger partial charge < -0.3 is 14.7 Å². The summed E-state index contributed by atoms with van der Waals surface area (Å²) in [5.41, 5.74) is 0. The van der Waals surface area contributed by atoms with E-state index < -0.39 is 36.5 Å². The SMILES string of the molecule is CN(CCC1CC(C(F)(F)F)CC(C(F)(F)F)C1)C(=O)C(C1CCCCC1)N1CCN(C(=NC2CCCCC2)N(C)C2CCCCC2)CC1. The van der Waals surface area contributed by atoms with Crippen molar-refractivity contribution in [3.05, 3.63) is 0 Å². The summed E-state index contributed by atoms with van der Waals surface area (Å²) in [4.78, 5) is 28.4. The minimum absolute atomic E-state index is 0.0358. The van der Waals surface area contributed by atoms with Crippen LogP contribution in [0.4, 0.5) is 26.3 Å². The topological polar surface area (TPSA) is 42.4 Å². The van der Waals surface area contributed by atoms with Crippen LogP contribution in [0.2, 0.25) is 0 Å². The first-order chi connectivity index (χ1) is 23.3. The summed E-state index contributed by atoms with van der Waals surface area (Å²) < 4.78 is 81.6. The summed E-state index contributed by atoms with van der Waals surface area (Å²) in [6.07, 6.45) is 6.81. The fourth-order valence-electron chi connectivity index (χ4n) is 9.63. The maximum absolute atomic E-state index is 14.2. The number of carbonyl (C=O) groups excluding carboxylic acids is 1. The van der Waals surface area contributed by atoms with E-state index in [2.05, 4.69) is 21.7 Å². The Morgan fingerprint density at radius 1 is 0.714 bits per heavy atom. The van der Waals surface area contributed by atoms with Crippen molar-refractivity contribution in [1.82, 2.24) is 19.6 Å². The van der Waals surface area contributed by atoms with Gasteiger partial charge in [0, 0.05) is 52.9 Å². The van der Waals surface area contributed by atoms with Crippen molar-refractivity contribution in [3.8, 4) is 0 Å². The summed E-state index contributed by atoms with van der Waals surface area (Å²) in [6.45, 7) is 3.19. The molecule has 0 aromatic carbocycles. The molecule has 3 atom stereocenters. The van der Waals surface area contributed by atoms with Crippen molar-refractivity contribution < 1.29 is 31.1 Å². The molecule has 0 aromatic rings. The number of hydrogen-bond donors (Lipinski definition) is 0. The van der Waals surface area contributed by atoms with Crippen LogP contribution >= 0.6 is 0 Å². The molecule has 0 N–H and O–H groups in total. The number of likely N-dealkylation sites (N-methyl/N-ethyl adjacent to an activating group) is 1. The van der Waals surface area contributed by atoms with Crippen LogP contribution in [0.1, 0.15) is 122 Å². The van der Waals surface area contributed by atoms with Crippen LogP contribution in [0.5, 0.6) is 0 Å². The van der Waals surface area contributed by atoms with Gasteiger partial charge in [-0.1, -0.05) is 57.8 Å². The number of halogens is 6. The van der Waals surface area contributed by atoms with Crippen LogP contribution in [0, 0.1) is 23.7 Å². The molecule has 1 aliphatic heterocycles. The molecule has 1 heterocycles.